The van der Waals surface area contributed by atoms with Gasteiger partial charge in [0, 0.05) is 31.2 Å². The molecule has 2 heterocycles. The zero-order valence-electron chi connectivity index (χ0n) is 17.7. The Morgan fingerprint density at radius 1 is 1.17 bits per heavy atom. The van der Waals surface area contributed by atoms with Gasteiger partial charge in [-0.2, -0.15) is 0 Å². The maximum Gasteiger partial charge on any atom is 0.415 e. The number of anilines is 1. The second-order valence-corrected chi connectivity index (χ2v) is 9.50. The van der Waals surface area contributed by atoms with Gasteiger partial charge in [0.05, 0.1) is 17.8 Å². The summed E-state index contributed by atoms with van der Waals surface area (Å²) in [4.78, 5) is 42.6. The summed E-state index contributed by atoms with van der Waals surface area (Å²) in [6, 6.07) is 7.21. The molecular weight excluding hydrogens is 368 g/mol. The first-order chi connectivity index (χ1) is 13.7. The summed E-state index contributed by atoms with van der Waals surface area (Å²) in [6.45, 7) is 8.27. The Labute approximate surface area is 172 Å². The number of carbonyl (C=O) groups excluding carboxylic acids is 3. The number of fused-ring (bicyclic) bond motifs is 1. The third-order valence-corrected chi connectivity index (χ3v) is 6.49. The normalized spacial score (nSPS) is 28.3. The van der Waals surface area contributed by atoms with Crippen LogP contribution in [0.3, 0.4) is 0 Å². The number of nitrogens with zero attached hydrogens (tertiary/aromatic N) is 2. The lowest BCUT2D eigenvalue weighted by Gasteiger charge is -2.44. The fraction of sp³-hybridized carbons (Fsp3) is 0.609. The van der Waals surface area contributed by atoms with Crippen LogP contribution >= 0.6 is 0 Å². The molecule has 6 heteroatoms. The molecule has 0 radical (unpaired) electrons. The number of likely N-dealkylation sites (tertiary alicyclic amines) is 1. The van der Waals surface area contributed by atoms with Gasteiger partial charge in [-0.1, -0.05) is 31.5 Å². The number of benzene rings is 1. The molecule has 156 valence electrons. The number of hydrogen-bond acceptors (Lipinski definition) is 4. The van der Waals surface area contributed by atoms with Gasteiger partial charge in [-0.3, -0.25) is 14.5 Å². The summed E-state index contributed by atoms with van der Waals surface area (Å²) in [5, 5.41) is 0. The summed E-state index contributed by atoms with van der Waals surface area (Å²) >= 11 is 0. The van der Waals surface area contributed by atoms with Crippen LogP contribution in [-0.4, -0.2) is 46.9 Å². The van der Waals surface area contributed by atoms with Crippen molar-refractivity contribution in [2.45, 2.75) is 82.9 Å². The quantitative estimate of drug-likeness (QED) is 0.776. The number of carbonyl (C=O) groups is 3. The van der Waals surface area contributed by atoms with Gasteiger partial charge < -0.3 is 9.64 Å². The van der Waals surface area contributed by atoms with Crippen molar-refractivity contribution in [3.63, 3.8) is 0 Å². The molecule has 2 aliphatic heterocycles. The Kier molecular flexibility index (Phi) is 4.71. The summed E-state index contributed by atoms with van der Waals surface area (Å²) in [7, 11) is 0. The lowest BCUT2D eigenvalue weighted by Crippen LogP contribution is -2.58. The van der Waals surface area contributed by atoms with Crippen LogP contribution in [-0.2, 0) is 19.7 Å². The van der Waals surface area contributed by atoms with Crippen LogP contribution in [0.1, 0.15) is 65.4 Å². The monoisotopic (exact) mass is 398 g/mol. The fourth-order valence-electron chi connectivity index (χ4n) is 5.42. The SMILES string of the molecule is CCCCN1C(=O)C[C@]23c4ccccc4N(C(=O)OC(C)(C)C)[C@H]2CC(=O)C[C@H]13. The van der Waals surface area contributed by atoms with E-state index in [1.165, 1.54) is 0 Å². The molecule has 29 heavy (non-hydrogen) atoms. The Hall–Kier alpha value is -2.37. The molecule has 2 amide bonds. The van der Waals surface area contributed by atoms with Gasteiger partial charge in [-0.05, 0) is 38.8 Å². The first-order valence-corrected chi connectivity index (χ1v) is 10.6. The second kappa shape index (κ2) is 6.85. The van der Waals surface area contributed by atoms with Gasteiger partial charge in [-0.15, -0.1) is 0 Å². The van der Waals surface area contributed by atoms with Gasteiger partial charge in [-0.25, -0.2) is 4.79 Å². The fourth-order valence-corrected chi connectivity index (χ4v) is 5.42. The van der Waals surface area contributed by atoms with Gasteiger partial charge in [0.15, 0.2) is 0 Å². The Bertz CT molecular complexity index is 859. The minimum atomic E-state index is -0.640. The average molecular weight is 399 g/mol. The average Bonchev–Trinajstić information content (AvgIpc) is 3.06. The van der Waals surface area contributed by atoms with Gasteiger partial charge >= 0.3 is 6.09 Å². The van der Waals surface area contributed by atoms with E-state index in [2.05, 4.69) is 6.92 Å². The van der Waals surface area contributed by atoms with Crippen molar-refractivity contribution in [2.24, 2.45) is 0 Å². The minimum Gasteiger partial charge on any atom is -0.443 e. The molecule has 0 aromatic heterocycles. The van der Waals surface area contributed by atoms with Gasteiger partial charge in [0.2, 0.25) is 5.91 Å². The van der Waals surface area contributed by atoms with E-state index < -0.39 is 17.1 Å². The highest BCUT2D eigenvalue weighted by Crippen LogP contribution is 2.58. The maximum atomic E-state index is 13.2. The molecule has 1 aromatic carbocycles. The summed E-state index contributed by atoms with van der Waals surface area (Å²) in [6.07, 6.45) is 2.42. The predicted octanol–water partition coefficient (Wildman–Crippen LogP) is 3.81. The first kappa shape index (κ1) is 19.9. The zero-order valence-corrected chi connectivity index (χ0v) is 17.7. The molecule has 0 bridgehead atoms. The predicted molar refractivity (Wildman–Crippen MR) is 110 cm³/mol. The van der Waals surface area contributed by atoms with Crippen LogP contribution < -0.4 is 4.90 Å². The molecule has 1 saturated carbocycles. The van der Waals surface area contributed by atoms with Gasteiger partial charge in [0.1, 0.15) is 11.4 Å². The van der Waals surface area contributed by atoms with E-state index in [0.717, 1.165) is 24.1 Å². The molecule has 1 aromatic rings. The van der Waals surface area contributed by atoms with Crippen LogP contribution in [0.15, 0.2) is 24.3 Å². The lowest BCUT2D eigenvalue weighted by molar-refractivity contribution is -0.130. The van der Waals surface area contributed by atoms with Crippen LogP contribution in [0.4, 0.5) is 10.5 Å². The van der Waals surface area contributed by atoms with Crippen LogP contribution in [0.5, 0.6) is 0 Å². The van der Waals surface area contributed by atoms with Crippen LogP contribution in [0, 0.1) is 0 Å². The number of para-hydroxylation sites is 1. The van der Waals surface area contributed by atoms with Crippen molar-refractivity contribution < 1.29 is 19.1 Å². The number of rotatable bonds is 3. The molecule has 0 N–H and O–H groups in total. The molecule has 3 aliphatic rings. The number of unbranched alkanes of at least 4 members (excludes halogenated alkanes) is 1. The summed E-state index contributed by atoms with van der Waals surface area (Å²) in [5.41, 5.74) is 0.599. The Balaban J connectivity index is 1.82. The molecule has 6 nitrogen and oxygen atoms in total. The van der Waals surface area contributed by atoms with Crippen molar-refractivity contribution in [2.75, 3.05) is 11.4 Å². The van der Waals surface area contributed by atoms with Crippen molar-refractivity contribution in [3.8, 4) is 0 Å². The van der Waals surface area contributed by atoms with E-state index in [4.69, 9.17) is 4.74 Å². The molecule has 0 unspecified atom stereocenters. The molecule has 2 fully saturated rings. The highest BCUT2D eigenvalue weighted by molar-refractivity contribution is 5.99. The third kappa shape index (κ3) is 3.04. The molecule has 4 rings (SSSR count). The number of ether oxygens (including phenoxy) is 1. The number of ketones is 1. The maximum absolute atomic E-state index is 13.2. The van der Waals surface area contributed by atoms with Crippen molar-refractivity contribution in [1.82, 2.24) is 4.90 Å². The molecule has 1 saturated heterocycles. The van der Waals surface area contributed by atoms with Crippen LogP contribution in [0.2, 0.25) is 0 Å². The van der Waals surface area contributed by atoms with Crippen molar-refractivity contribution >= 4 is 23.5 Å². The summed E-state index contributed by atoms with van der Waals surface area (Å²) in [5.74, 6) is 0.192. The largest absolute Gasteiger partial charge is 0.443 e. The number of amides is 2. The third-order valence-electron chi connectivity index (χ3n) is 6.49. The van der Waals surface area contributed by atoms with Crippen molar-refractivity contribution in [1.29, 1.82) is 0 Å². The van der Waals surface area contributed by atoms with E-state index in [1.807, 2.05) is 49.9 Å². The molecular formula is C23H30N2O4. The molecule has 1 spiro atoms. The lowest BCUT2D eigenvalue weighted by atomic mass is 9.64. The van der Waals surface area contributed by atoms with E-state index in [0.29, 0.717) is 19.4 Å². The highest BCUT2D eigenvalue weighted by Gasteiger charge is 2.66. The van der Waals surface area contributed by atoms with E-state index >= 15 is 0 Å². The van der Waals surface area contributed by atoms with E-state index in [-0.39, 0.29) is 30.2 Å². The first-order valence-electron chi connectivity index (χ1n) is 10.6. The van der Waals surface area contributed by atoms with Gasteiger partial charge in [0.25, 0.3) is 0 Å². The standard InChI is InChI=1S/C23H30N2O4/c1-5-6-11-24-18-12-15(26)13-19-23(18,14-20(24)27)16-9-7-8-10-17(16)25(19)21(28)29-22(2,3)4/h7-10,18-19H,5-6,11-14H2,1-4H3/t18-,19-,23+/m0/s1. The molecule has 1 aliphatic carbocycles. The second-order valence-electron chi connectivity index (χ2n) is 9.50. The minimum absolute atomic E-state index is 0.0870. The van der Waals surface area contributed by atoms with E-state index in [9.17, 15) is 14.4 Å². The molecule has 3 atom stereocenters. The number of hydrogen-bond donors (Lipinski definition) is 0. The zero-order chi connectivity index (χ0) is 21.0. The topological polar surface area (TPSA) is 66.9 Å². The van der Waals surface area contributed by atoms with E-state index in [1.54, 1.807) is 4.90 Å². The Morgan fingerprint density at radius 2 is 1.86 bits per heavy atom. The van der Waals surface area contributed by atoms with Crippen LogP contribution in [0.25, 0.3) is 0 Å². The smallest absolute Gasteiger partial charge is 0.415 e. The summed E-state index contributed by atoms with van der Waals surface area (Å²) < 4.78 is 5.70. The number of Topliss-reactive ketones (excluding diaryl/α,β-unsaturated/α-hetero) is 1. The highest BCUT2D eigenvalue weighted by atomic mass is 16.6. The Morgan fingerprint density at radius 3 is 2.55 bits per heavy atom. The van der Waals surface area contributed by atoms with Crippen molar-refractivity contribution in [3.05, 3.63) is 29.8 Å².